The van der Waals surface area contributed by atoms with Gasteiger partial charge in [0.1, 0.15) is 11.5 Å². The smallest absolute Gasteiger partial charge is 0.270 e. The third kappa shape index (κ3) is 3.03. The van der Waals surface area contributed by atoms with Crippen LogP contribution in [-0.4, -0.2) is 4.92 Å². The van der Waals surface area contributed by atoms with Crippen molar-refractivity contribution in [3.8, 4) is 11.5 Å². The zero-order valence-electron chi connectivity index (χ0n) is 10.1. The van der Waals surface area contributed by atoms with Gasteiger partial charge in [-0.1, -0.05) is 0 Å². The Morgan fingerprint density at radius 3 is 2.47 bits per heavy atom. The standard InChI is InChI=1S/C13H11BrN2O3/c1-8-6-9(15)2-4-12(8)19-13-5-3-10(16(17)18)7-11(13)14/h2-7H,15H2,1H3. The van der Waals surface area contributed by atoms with Crippen molar-refractivity contribution in [2.75, 3.05) is 5.73 Å². The molecular weight excluding hydrogens is 312 g/mol. The van der Waals surface area contributed by atoms with Crippen LogP contribution in [0.15, 0.2) is 40.9 Å². The van der Waals surface area contributed by atoms with Crippen molar-refractivity contribution in [2.45, 2.75) is 6.92 Å². The summed E-state index contributed by atoms with van der Waals surface area (Å²) in [7, 11) is 0. The van der Waals surface area contributed by atoms with Crippen LogP contribution in [0, 0.1) is 17.0 Å². The monoisotopic (exact) mass is 322 g/mol. The quantitative estimate of drug-likeness (QED) is 0.525. The molecule has 2 aromatic rings. The minimum Gasteiger partial charge on any atom is -0.456 e. The molecule has 0 radical (unpaired) electrons. The molecule has 19 heavy (non-hydrogen) atoms. The maximum absolute atomic E-state index is 10.6. The van der Waals surface area contributed by atoms with Crippen LogP contribution in [0.1, 0.15) is 5.56 Å². The first-order valence-electron chi connectivity index (χ1n) is 5.45. The Bertz CT molecular complexity index is 644. The molecule has 0 fully saturated rings. The number of nitro benzene ring substituents is 1. The normalized spacial score (nSPS) is 10.2. The van der Waals surface area contributed by atoms with E-state index in [1.807, 2.05) is 6.92 Å². The van der Waals surface area contributed by atoms with Crippen LogP contribution in [-0.2, 0) is 0 Å². The Morgan fingerprint density at radius 1 is 1.21 bits per heavy atom. The molecule has 2 aromatic carbocycles. The first-order valence-corrected chi connectivity index (χ1v) is 6.24. The van der Waals surface area contributed by atoms with Gasteiger partial charge in [0.25, 0.3) is 5.69 Å². The SMILES string of the molecule is Cc1cc(N)ccc1Oc1ccc([N+](=O)[O-])cc1Br. The second-order valence-electron chi connectivity index (χ2n) is 4.00. The molecule has 0 spiro atoms. The Labute approximate surface area is 118 Å². The number of halogens is 1. The van der Waals surface area contributed by atoms with Crippen molar-refractivity contribution >= 4 is 27.3 Å². The van der Waals surface area contributed by atoms with Gasteiger partial charge in [0.15, 0.2) is 0 Å². The fraction of sp³-hybridized carbons (Fsp3) is 0.0769. The second-order valence-corrected chi connectivity index (χ2v) is 4.85. The summed E-state index contributed by atoms with van der Waals surface area (Å²) in [6.07, 6.45) is 0. The topological polar surface area (TPSA) is 78.4 Å². The number of nitrogens with two attached hydrogens (primary N) is 1. The van der Waals surface area contributed by atoms with Gasteiger partial charge in [0, 0.05) is 17.8 Å². The number of nitro groups is 1. The van der Waals surface area contributed by atoms with Gasteiger partial charge in [-0.05, 0) is 52.7 Å². The zero-order valence-corrected chi connectivity index (χ0v) is 11.7. The van der Waals surface area contributed by atoms with Crippen LogP contribution in [0.25, 0.3) is 0 Å². The van der Waals surface area contributed by atoms with E-state index >= 15 is 0 Å². The van der Waals surface area contributed by atoms with E-state index < -0.39 is 4.92 Å². The molecule has 0 bridgehead atoms. The van der Waals surface area contributed by atoms with Crippen LogP contribution in [0.3, 0.4) is 0 Å². The van der Waals surface area contributed by atoms with E-state index in [0.29, 0.717) is 21.7 Å². The summed E-state index contributed by atoms with van der Waals surface area (Å²) in [4.78, 5) is 10.2. The molecule has 0 amide bonds. The number of aryl methyl sites for hydroxylation is 1. The van der Waals surface area contributed by atoms with Gasteiger partial charge in [-0.3, -0.25) is 10.1 Å². The number of anilines is 1. The van der Waals surface area contributed by atoms with Crippen molar-refractivity contribution < 1.29 is 9.66 Å². The van der Waals surface area contributed by atoms with Crippen molar-refractivity contribution in [1.82, 2.24) is 0 Å². The lowest BCUT2D eigenvalue weighted by molar-refractivity contribution is -0.384. The van der Waals surface area contributed by atoms with E-state index in [1.165, 1.54) is 12.1 Å². The minimum atomic E-state index is -0.455. The summed E-state index contributed by atoms with van der Waals surface area (Å²) < 4.78 is 6.23. The number of hydrogen-bond acceptors (Lipinski definition) is 4. The highest BCUT2D eigenvalue weighted by Crippen LogP contribution is 2.34. The Hall–Kier alpha value is -2.08. The molecule has 0 aliphatic rings. The van der Waals surface area contributed by atoms with Crippen LogP contribution in [0.4, 0.5) is 11.4 Å². The molecule has 2 N–H and O–H groups in total. The van der Waals surface area contributed by atoms with Gasteiger partial charge in [-0.2, -0.15) is 0 Å². The first-order chi connectivity index (χ1) is 8.97. The van der Waals surface area contributed by atoms with Crippen molar-refractivity contribution in [2.24, 2.45) is 0 Å². The minimum absolute atomic E-state index is 0.00764. The fourth-order valence-corrected chi connectivity index (χ4v) is 2.04. The summed E-state index contributed by atoms with van der Waals surface area (Å²) in [6, 6.07) is 9.65. The highest BCUT2D eigenvalue weighted by Gasteiger charge is 2.11. The predicted molar refractivity (Wildman–Crippen MR) is 76.5 cm³/mol. The van der Waals surface area contributed by atoms with E-state index in [1.54, 1.807) is 24.3 Å². The number of benzene rings is 2. The van der Waals surface area contributed by atoms with E-state index in [4.69, 9.17) is 10.5 Å². The van der Waals surface area contributed by atoms with Gasteiger partial charge in [-0.15, -0.1) is 0 Å². The average molecular weight is 323 g/mol. The van der Waals surface area contributed by atoms with E-state index in [0.717, 1.165) is 5.56 Å². The molecule has 0 atom stereocenters. The van der Waals surface area contributed by atoms with Crippen LogP contribution >= 0.6 is 15.9 Å². The van der Waals surface area contributed by atoms with Crippen molar-refractivity contribution in [3.05, 3.63) is 56.5 Å². The fourth-order valence-electron chi connectivity index (χ4n) is 1.59. The highest BCUT2D eigenvalue weighted by molar-refractivity contribution is 9.10. The highest BCUT2D eigenvalue weighted by atomic mass is 79.9. The molecule has 98 valence electrons. The van der Waals surface area contributed by atoms with E-state index in [2.05, 4.69) is 15.9 Å². The van der Waals surface area contributed by atoms with Crippen molar-refractivity contribution in [1.29, 1.82) is 0 Å². The molecule has 0 aliphatic heterocycles. The summed E-state index contributed by atoms with van der Waals surface area (Å²) in [5, 5.41) is 10.6. The lowest BCUT2D eigenvalue weighted by Gasteiger charge is -2.10. The third-order valence-electron chi connectivity index (χ3n) is 2.55. The molecule has 0 aromatic heterocycles. The molecule has 6 heteroatoms. The van der Waals surface area contributed by atoms with Gasteiger partial charge < -0.3 is 10.5 Å². The Kier molecular flexibility index (Phi) is 3.71. The molecule has 5 nitrogen and oxygen atoms in total. The number of rotatable bonds is 3. The molecule has 0 heterocycles. The zero-order chi connectivity index (χ0) is 14.0. The lowest BCUT2D eigenvalue weighted by atomic mass is 10.2. The van der Waals surface area contributed by atoms with Gasteiger partial charge in [0.2, 0.25) is 0 Å². The average Bonchev–Trinajstić information content (AvgIpc) is 2.34. The Balaban J connectivity index is 2.31. The third-order valence-corrected chi connectivity index (χ3v) is 3.16. The van der Waals surface area contributed by atoms with Crippen LogP contribution in [0.5, 0.6) is 11.5 Å². The number of nitrogens with zero attached hydrogens (tertiary/aromatic N) is 1. The molecule has 0 aliphatic carbocycles. The summed E-state index contributed by atoms with van der Waals surface area (Å²) >= 11 is 3.26. The number of nitrogen functional groups attached to an aromatic ring is 1. The first kappa shape index (κ1) is 13.4. The van der Waals surface area contributed by atoms with E-state index in [9.17, 15) is 10.1 Å². The van der Waals surface area contributed by atoms with Crippen LogP contribution in [0.2, 0.25) is 0 Å². The lowest BCUT2D eigenvalue weighted by Crippen LogP contribution is -1.92. The Morgan fingerprint density at radius 2 is 1.89 bits per heavy atom. The number of non-ortho nitro benzene ring substituents is 1. The van der Waals surface area contributed by atoms with Crippen molar-refractivity contribution in [3.63, 3.8) is 0 Å². The summed E-state index contributed by atoms with van der Waals surface area (Å²) in [6.45, 7) is 1.88. The van der Waals surface area contributed by atoms with Gasteiger partial charge in [0.05, 0.1) is 9.40 Å². The maximum atomic E-state index is 10.6. The van der Waals surface area contributed by atoms with E-state index in [-0.39, 0.29) is 5.69 Å². The second kappa shape index (κ2) is 5.27. The number of hydrogen-bond donors (Lipinski definition) is 1. The largest absolute Gasteiger partial charge is 0.456 e. The molecule has 0 unspecified atom stereocenters. The summed E-state index contributed by atoms with van der Waals surface area (Å²) in [5.41, 5.74) is 7.23. The molecule has 2 rings (SSSR count). The molecular formula is C13H11BrN2O3. The predicted octanol–water partition coefficient (Wildman–Crippen LogP) is 4.04. The molecule has 0 saturated carbocycles. The van der Waals surface area contributed by atoms with Crippen LogP contribution < -0.4 is 10.5 Å². The molecule has 0 saturated heterocycles. The van der Waals surface area contributed by atoms with Gasteiger partial charge >= 0.3 is 0 Å². The summed E-state index contributed by atoms with van der Waals surface area (Å²) in [5.74, 6) is 1.17. The number of ether oxygens (including phenoxy) is 1. The maximum Gasteiger partial charge on any atom is 0.270 e. The van der Waals surface area contributed by atoms with Gasteiger partial charge in [-0.25, -0.2) is 0 Å².